The monoisotopic (exact) mass is 273 g/mol. The van der Waals surface area contributed by atoms with Gasteiger partial charge in [-0.15, -0.1) is 0 Å². The fourth-order valence-electron chi connectivity index (χ4n) is 1.88. The highest BCUT2D eigenvalue weighted by Crippen LogP contribution is 2.27. The summed E-state index contributed by atoms with van der Waals surface area (Å²) >= 11 is 3.22. The number of anilines is 1. The molecule has 5 nitrogen and oxygen atoms in total. The molecule has 1 unspecified atom stereocenters. The number of hydrogen-bond donors (Lipinski definition) is 2. The molecule has 2 heterocycles. The van der Waals surface area contributed by atoms with E-state index in [1.165, 1.54) is 6.33 Å². The van der Waals surface area contributed by atoms with Gasteiger partial charge in [-0.2, -0.15) is 0 Å². The average molecular weight is 274 g/mol. The van der Waals surface area contributed by atoms with Gasteiger partial charge in [0.2, 0.25) is 0 Å². The Bertz CT molecular complexity index is 407. The van der Waals surface area contributed by atoms with Gasteiger partial charge in [-0.25, -0.2) is 4.98 Å². The van der Waals surface area contributed by atoms with E-state index in [0.29, 0.717) is 10.3 Å². The molecule has 1 aromatic heterocycles. The Morgan fingerprint density at radius 3 is 3.27 bits per heavy atom. The molecule has 2 N–H and O–H groups in total. The minimum atomic E-state index is -0.191. The van der Waals surface area contributed by atoms with Gasteiger partial charge in [0.1, 0.15) is 4.47 Å². The SMILES string of the molecule is O=c1[nH]cnc(N2CCCC2CO)c1Br. The number of aromatic nitrogens is 2. The van der Waals surface area contributed by atoms with E-state index in [0.717, 1.165) is 19.4 Å². The first-order valence-electron chi connectivity index (χ1n) is 4.84. The zero-order chi connectivity index (χ0) is 10.8. The molecule has 0 saturated carbocycles. The third kappa shape index (κ3) is 1.91. The van der Waals surface area contributed by atoms with E-state index >= 15 is 0 Å². The van der Waals surface area contributed by atoms with Crippen molar-refractivity contribution in [3.05, 3.63) is 21.2 Å². The number of rotatable bonds is 2. The molecule has 0 aromatic carbocycles. The largest absolute Gasteiger partial charge is 0.394 e. The highest BCUT2D eigenvalue weighted by Gasteiger charge is 2.26. The van der Waals surface area contributed by atoms with Crippen molar-refractivity contribution >= 4 is 21.7 Å². The van der Waals surface area contributed by atoms with Gasteiger partial charge in [0.15, 0.2) is 5.82 Å². The van der Waals surface area contributed by atoms with Gasteiger partial charge < -0.3 is 15.0 Å². The molecule has 1 aliphatic heterocycles. The van der Waals surface area contributed by atoms with E-state index in [4.69, 9.17) is 0 Å². The molecule has 0 spiro atoms. The van der Waals surface area contributed by atoms with Gasteiger partial charge in [0, 0.05) is 6.54 Å². The van der Waals surface area contributed by atoms with Crippen molar-refractivity contribution in [1.29, 1.82) is 0 Å². The van der Waals surface area contributed by atoms with E-state index in [9.17, 15) is 9.90 Å². The lowest BCUT2D eigenvalue weighted by Crippen LogP contribution is -2.34. The number of aliphatic hydroxyl groups is 1. The summed E-state index contributed by atoms with van der Waals surface area (Å²) in [6.45, 7) is 0.932. The molecule has 0 amide bonds. The number of nitrogens with one attached hydrogen (secondary N) is 1. The first kappa shape index (κ1) is 10.6. The van der Waals surface area contributed by atoms with Crippen molar-refractivity contribution in [3.8, 4) is 0 Å². The molecular weight excluding hydrogens is 262 g/mol. The van der Waals surface area contributed by atoms with Crippen LogP contribution in [0.25, 0.3) is 0 Å². The van der Waals surface area contributed by atoms with E-state index < -0.39 is 0 Å². The molecule has 1 atom stereocenters. The smallest absolute Gasteiger partial charge is 0.267 e. The summed E-state index contributed by atoms with van der Waals surface area (Å²) in [5.41, 5.74) is -0.191. The number of halogens is 1. The minimum Gasteiger partial charge on any atom is -0.394 e. The van der Waals surface area contributed by atoms with Crippen molar-refractivity contribution in [3.63, 3.8) is 0 Å². The van der Waals surface area contributed by atoms with Gasteiger partial charge in [0.25, 0.3) is 5.56 Å². The van der Waals surface area contributed by atoms with Crippen LogP contribution in [0.15, 0.2) is 15.6 Å². The highest BCUT2D eigenvalue weighted by molar-refractivity contribution is 9.10. The molecule has 1 saturated heterocycles. The zero-order valence-electron chi connectivity index (χ0n) is 8.11. The summed E-state index contributed by atoms with van der Waals surface area (Å²) in [6.07, 6.45) is 3.35. The molecule has 0 bridgehead atoms. The van der Waals surface area contributed by atoms with Crippen LogP contribution in [0.3, 0.4) is 0 Å². The first-order valence-corrected chi connectivity index (χ1v) is 5.64. The predicted molar refractivity (Wildman–Crippen MR) is 60.0 cm³/mol. The van der Waals surface area contributed by atoms with Crippen LogP contribution in [0.1, 0.15) is 12.8 Å². The van der Waals surface area contributed by atoms with E-state index in [-0.39, 0.29) is 18.2 Å². The van der Waals surface area contributed by atoms with Gasteiger partial charge in [-0.3, -0.25) is 4.79 Å². The topological polar surface area (TPSA) is 69.2 Å². The van der Waals surface area contributed by atoms with E-state index in [1.54, 1.807) is 0 Å². The number of hydrogen-bond acceptors (Lipinski definition) is 4. The maximum Gasteiger partial charge on any atom is 0.267 e. The Balaban J connectivity index is 2.36. The average Bonchev–Trinajstić information content (AvgIpc) is 2.70. The minimum absolute atomic E-state index is 0.0793. The molecule has 2 rings (SSSR count). The molecule has 6 heteroatoms. The molecular formula is C9H12BrN3O2. The standard InChI is InChI=1S/C9H12BrN3O2/c10-7-8(11-5-12-9(7)15)13-3-1-2-6(13)4-14/h5-6,14H,1-4H2,(H,11,12,15). The third-order valence-electron chi connectivity index (χ3n) is 2.64. The second kappa shape index (κ2) is 4.32. The zero-order valence-corrected chi connectivity index (χ0v) is 9.70. The Labute approximate surface area is 95.3 Å². The molecule has 1 aliphatic rings. The number of aliphatic hydroxyl groups excluding tert-OH is 1. The Morgan fingerprint density at radius 1 is 1.73 bits per heavy atom. The summed E-state index contributed by atoms with van der Waals surface area (Å²) in [4.78, 5) is 20.0. The van der Waals surface area contributed by atoms with E-state index in [2.05, 4.69) is 25.9 Å². The number of aromatic amines is 1. The van der Waals surface area contributed by atoms with Crippen molar-refractivity contribution in [2.75, 3.05) is 18.1 Å². The van der Waals surface area contributed by atoms with Gasteiger partial charge in [0.05, 0.1) is 19.0 Å². The Kier molecular flexibility index (Phi) is 3.06. The van der Waals surface area contributed by atoms with Crippen LogP contribution in [0.4, 0.5) is 5.82 Å². The molecule has 0 radical (unpaired) electrons. The van der Waals surface area contributed by atoms with E-state index in [1.807, 2.05) is 4.90 Å². The number of nitrogens with zero attached hydrogens (tertiary/aromatic N) is 2. The van der Waals surface area contributed by atoms with Crippen LogP contribution in [0.2, 0.25) is 0 Å². The number of H-pyrrole nitrogens is 1. The lowest BCUT2D eigenvalue weighted by Gasteiger charge is -2.24. The fourth-order valence-corrected chi connectivity index (χ4v) is 2.32. The maximum absolute atomic E-state index is 11.4. The van der Waals surface area contributed by atoms with Gasteiger partial charge >= 0.3 is 0 Å². The summed E-state index contributed by atoms with van der Waals surface area (Å²) < 4.78 is 0.436. The van der Waals surface area contributed by atoms with Crippen molar-refractivity contribution in [2.45, 2.75) is 18.9 Å². The summed E-state index contributed by atoms with van der Waals surface area (Å²) in [5, 5.41) is 9.19. The second-order valence-corrected chi connectivity index (χ2v) is 4.33. The summed E-state index contributed by atoms with van der Waals surface area (Å²) in [6, 6.07) is 0.0793. The van der Waals surface area contributed by atoms with Crippen LogP contribution >= 0.6 is 15.9 Å². The normalized spacial score (nSPS) is 20.9. The lowest BCUT2D eigenvalue weighted by molar-refractivity contribution is 0.266. The van der Waals surface area contributed by atoms with Crippen molar-refractivity contribution in [1.82, 2.24) is 9.97 Å². The van der Waals surface area contributed by atoms with Gasteiger partial charge in [-0.1, -0.05) is 0 Å². The first-order chi connectivity index (χ1) is 7.24. The molecule has 1 fully saturated rings. The van der Waals surface area contributed by atoms with Crippen LogP contribution in [-0.4, -0.2) is 34.3 Å². The van der Waals surface area contributed by atoms with Crippen LogP contribution < -0.4 is 10.5 Å². The fraction of sp³-hybridized carbons (Fsp3) is 0.556. The summed E-state index contributed by atoms with van der Waals surface area (Å²) in [5.74, 6) is 0.621. The maximum atomic E-state index is 11.4. The van der Waals surface area contributed by atoms with Crippen LogP contribution in [0, 0.1) is 0 Å². The third-order valence-corrected chi connectivity index (χ3v) is 3.35. The second-order valence-electron chi connectivity index (χ2n) is 3.54. The predicted octanol–water partition coefficient (Wildman–Crippen LogP) is 0.493. The Hall–Kier alpha value is -0.880. The Morgan fingerprint density at radius 2 is 2.53 bits per heavy atom. The molecule has 0 aliphatic carbocycles. The van der Waals surface area contributed by atoms with Crippen LogP contribution in [-0.2, 0) is 0 Å². The molecule has 15 heavy (non-hydrogen) atoms. The lowest BCUT2D eigenvalue weighted by atomic mass is 10.2. The molecule has 1 aromatic rings. The van der Waals surface area contributed by atoms with Crippen molar-refractivity contribution < 1.29 is 5.11 Å². The van der Waals surface area contributed by atoms with Crippen molar-refractivity contribution in [2.24, 2.45) is 0 Å². The van der Waals surface area contributed by atoms with Crippen LogP contribution in [0.5, 0.6) is 0 Å². The summed E-state index contributed by atoms with van der Waals surface area (Å²) in [7, 11) is 0. The molecule has 82 valence electrons. The highest BCUT2D eigenvalue weighted by atomic mass is 79.9. The van der Waals surface area contributed by atoms with Gasteiger partial charge in [-0.05, 0) is 28.8 Å². The quantitative estimate of drug-likeness (QED) is 0.823.